The predicted molar refractivity (Wildman–Crippen MR) is 94.9 cm³/mol. The molecule has 146 valence electrons. The van der Waals surface area contributed by atoms with Crippen molar-refractivity contribution in [1.82, 2.24) is 14.1 Å². The number of piperazine rings is 1. The van der Waals surface area contributed by atoms with Gasteiger partial charge in [0.15, 0.2) is 0 Å². The molecule has 0 bridgehead atoms. The first-order valence-corrected chi connectivity index (χ1v) is 10.4. The lowest BCUT2D eigenvalue weighted by atomic mass is 10.2. The third kappa shape index (κ3) is 4.99. The highest BCUT2D eigenvalue weighted by Crippen LogP contribution is 2.18. The van der Waals surface area contributed by atoms with Gasteiger partial charge < -0.3 is 9.84 Å². The van der Waals surface area contributed by atoms with Gasteiger partial charge in [0.2, 0.25) is 10.0 Å². The van der Waals surface area contributed by atoms with Gasteiger partial charge in [0.1, 0.15) is 5.82 Å². The van der Waals surface area contributed by atoms with Crippen molar-refractivity contribution in [3.05, 3.63) is 30.1 Å². The van der Waals surface area contributed by atoms with Gasteiger partial charge in [0, 0.05) is 52.4 Å². The molecule has 0 spiro atoms. The average Bonchev–Trinajstić information content (AvgIpc) is 2.63. The first kappa shape index (κ1) is 19.7. The van der Waals surface area contributed by atoms with E-state index in [9.17, 15) is 17.9 Å². The van der Waals surface area contributed by atoms with E-state index in [1.807, 2.05) is 0 Å². The van der Waals surface area contributed by atoms with Crippen LogP contribution in [0.1, 0.15) is 0 Å². The minimum Gasteiger partial charge on any atom is -0.390 e. The van der Waals surface area contributed by atoms with Crippen molar-refractivity contribution in [1.29, 1.82) is 0 Å². The molecule has 2 heterocycles. The fourth-order valence-electron chi connectivity index (χ4n) is 3.35. The SMILES string of the molecule is O=S(=O)(c1ccc(F)cc1)N1CCN(C[C@H](O)CN2CCOCC2)CC1. The second-order valence-corrected chi connectivity index (χ2v) is 8.66. The summed E-state index contributed by atoms with van der Waals surface area (Å²) in [6.45, 7) is 6.08. The summed E-state index contributed by atoms with van der Waals surface area (Å²) in [6, 6.07) is 4.91. The third-order valence-electron chi connectivity index (χ3n) is 4.82. The van der Waals surface area contributed by atoms with E-state index in [0.717, 1.165) is 25.2 Å². The number of ether oxygens (including phenoxy) is 1. The van der Waals surface area contributed by atoms with Crippen molar-refractivity contribution >= 4 is 10.0 Å². The Morgan fingerprint density at radius 1 is 0.962 bits per heavy atom. The van der Waals surface area contributed by atoms with Gasteiger partial charge in [-0.2, -0.15) is 4.31 Å². The maximum atomic E-state index is 13.0. The minimum atomic E-state index is -3.60. The number of aliphatic hydroxyl groups is 1. The van der Waals surface area contributed by atoms with Crippen LogP contribution in [0.25, 0.3) is 0 Å². The Labute approximate surface area is 154 Å². The summed E-state index contributed by atoms with van der Waals surface area (Å²) in [5.41, 5.74) is 0. The molecule has 0 saturated carbocycles. The van der Waals surface area contributed by atoms with Crippen LogP contribution in [0.3, 0.4) is 0 Å². The number of nitrogens with zero attached hydrogens (tertiary/aromatic N) is 3. The molecule has 26 heavy (non-hydrogen) atoms. The predicted octanol–water partition coefficient (Wildman–Crippen LogP) is -0.175. The summed E-state index contributed by atoms with van der Waals surface area (Å²) in [6.07, 6.45) is -0.464. The summed E-state index contributed by atoms with van der Waals surface area (Å²) >= 11 is 0. The van der Waals surface area contributed by atoms with Gasteiger partial charge in [-0.1, -0.05) is 0 Å². The largest absolute Gasteiger partial charge is 0.390 e. The molecule has 0 amide bonds. The zero-order chi connectivity index (χ0) is 18.6. The molecular weight excluding hydrogens is 361 g/mol. The monoisotopic (exact) mass is 387 g/mol. The first-order valence-electron chi connectivity index (χ1n) is 8.91. The van der Waals surface area contributed by atoms with Crippen molar-refractivity contribution in [3.63, 3.8) is 0 Å². The molecular formula is C17H26FN3O4S. The molecule has 2 aliphatic heterocycles. The molecule has 1 atom stereocenters. The Balaban J connectivity index is 1.48. The zero-order valence-electron chi connectivity index (χ0n) is 14.8. The maximum Gasteiger partial charge on any atom is 0.243 e. The summed E-state index contributed by atoms with van der Waals surface area (Å²) in [5, 5.41) is 10.3. The molecule has 0 aliphatic carbocycles. The van der Waals surface area contributed by atoms with E-state index in [4.69, 9.17) is 4.74 Å². The van der Waals surface area contributed by atoms with Crippen LogP contribution in [-0.2, 0) is 14.8 Å². The van der Waals surface area contributed by atoms with Crippen molar-refractivity contribution < 1.29 is 22.7 Å². The molecule has 2 aliphatic rings. The number of morpholine rings is 1. The molecule has 3 rings (SSSR count). The lowest BCUT2D eigenvalue weighted by Crippen LogP contribution is -2.52. The lowest BCUT2D eigenvalue weighted by Gasteiger charge is -2.36. The summed E-state index contributed by atoms with van der Waals surface area (Å²) in [7, 11) is -3.60. The van der Waals surface area contributed by atoms with E-state index in [0.29, 0.717) is 52.5 Å². The third-order valence-corrected chi connectivity index (χ3v) is 6.74. The van der Waals surface area contributed by atoms with Gasteiger partial charge in [-0.05, 0) is 24.3 Å². The van der Waals surface area contributed by atoms with Crippen LogP contribution >= 0.6 is 0 Å². The van der Waals surface area contributed by atoms with Crippen LogP contribution < -0.4 is 0 Å². The molecule has 2 fully saturated rings. The van der Waals surface area contributed by atoms with Crippen LogP contribution in [-0.4, -0.2) is 99.3 Å². The molecule has 9 heteroatoms. The fraction of sp³-hybridized carbons (Fsp3) is 0.647. The van der Waals surface area contributed by atoms with Crippen molar-refractivity contribution in [3.8, 4) is 0 Å². The lowest BCUT2D eigenvalue weighted by molar-refractivity contribution is 0.00469. The van der Waals surface area contributed by atoms with E-state index in [-0.39, 0.29) is 4.90 Å². The number of aliphatic hydroxyl groups excluding tert-OH is 1. The minimum absolute atomic E-state index is 0.111. The summed E-state index contributed by atoms with van der Waals surface area (Å²) in [4.78, 5) is 4.38. The highest BCUT2D eigenvalue weighted by molar-refractivity contribution is 7.89. The quantitative estimate of drug-likeness (QED) is 0.731. The normalized spacial score (nSPS) is 22.4. The Kier molecular flexibility index (Phi) is 6.60. The second kappa shape index (κ2) is 8.73. The standard InChI is InChI=1S/C17H26FN3O4S/c18-15-1-3-17(4-2-15)26(23,24)21-7-5-19(6-8-21)13-16(22)14-20-9-11-25-12-10-20/h1-4,16,22H,5-14H2/t16-/m0/s1. The van der Waals surface area contributed by atoms with Gasteiger partial charge in [-0.3, -0.25) is 9.80 Å². The van der Waals surface area contributed by atoms with E-state index in [2.05, 4.69) is 9.80 Å². The topological polar surface area (TPSA) is 73.3 Å². The smallest absolute Gasteiger partial charge is 0.243 e. The molecule has 2 saturated heterocycles. The number of rotatable bonds is 6. The van der Waals surface area contributed by atoms with Crippen LogP contribution in [0.4, 0.5) is 4.39 Å². The molecule has 0 unspecified atom stereocenters. The zero-order valence-corrected chi connectivity index (χ0v) is 15.6. The second-order valence-electron chi connectivity index (χ2n) is 6.73. The first-order chi connectivity index (χ1) is 12.4. The van der Waals surface area contributed by atoms with Crippen molar-refractivity contribution in [2.75, 3.05) is 65.6 Å². The van der Waals surface area contributed by atoms with Gasteiger partial charge in [-0.15, -0.1) is 0 Å². The molecule has 1 N–H and O–H groups in total. The Bertz CT molecular complexity index is 672. The number of hydrogen-bond acceptors (Lipinski definition) is 6. The number of hydrogen-bond donors (Lipinski definition) is 1. The van der Waals surface area contributed by atoms with Crippen molar-refractivity contribution in [2.45, 2.75) is 11.0 Å². The van der Waals surface area contributed by atoms with E-state index >= 15 is 0 Å². The van der Waals surface area contributed by atoms with Crippen LogP contribution in [0, 0.1) is 5.82 Å². The number of halogens is 1. The average molecular weight is 387 g/mol. The Hall–Kier alpha value is -1.10. The van der Waals surface area contributed by atoms with Gasteiger partial charge in [0.05, 0.1) is 24.2 Å². The Morgan fingerprint density at radius 2 is 1.50 bits per heavy atom. The molecule has 0 aromatic heterocycles. The molecule has 0 radical (unpaired) electrons. The van der Waals surface area contributed by atoms with E-state index in [1.165, 1.54) is 16.4 Å². The van der Waals surface area contributed by atoms with Crippen LogP contribution in [0.5, 0.6) is 0 Å². The van der Waals surface area contributed by atoms with E-state index < -0.39 is 21.9 Å². The van der Waals surface area contributed by atoms with Gasteiger partial charge in [0.25, 0.3) is 0 Å². The van der Waals surface area contributed by atoms with Gasteiger partial charge in [-0.25, -0.2) is 12.8 Å². The van der Waals surface area contributed by atoms with Gasteiger partial charge >= 0.3 is 0 Å². The summed E-state index contributed by atoms with van der Waals surface area (Å²) in [5.74, 6) is -0.456. The van der Waals surface area contributed by atoms with Crippen molar-refractivity contribution in [2.24, 2.45) is 0 Å². The molecule has 1 aromatic carbocycles. The fourth-order valence-corrected chi connectivity index (χ4v) is 4.77. The highest BCUT2D eigenvalue weighted by atomic mass is 32.2. The summed E-state index contributed by atoms with van der Waals surface area (Å²) < 4.78 is 44.9. The number of sulfonamides is 1. The molecule has 7 nitrogen and oxygen atoms in total. The van der Waals surface area contributed by atoms with E-state index in [1.54, 1.807) is 0 Å². The Morgan fingerprint density at radius 3 is 2.08 bits per heavy atom. The van der Waals surface area contributed by atoms with Crippen LogP contribution in [0.2, 0.25) is 0 Å². The number of β-amino-alcohol motifs (C(OH)–C–C–N with tert-alkyl or cyclic N) is 1. The maximum absolute atomic E-state index is 13.0. The highest BCUT2D eigenvalue weighted by Gasteiger charge is 2.29. The number of benzene rings is 1. The van der Waals surface area contributed by atoms with Crippen LogP contribution in [0.15, 0.2) is 29.2 Å². The molecule has 1 aromatic rings.